The van der Waals surface area contributed by atoms with Gasteiger partial charge in [0, 0.05) is 38.2 Å². The Morgan fingerprint density at radius 1 is 0.968 bits per heavy atom. The molecule has 1 aliphatic rings. The van der Waals surface area contributed by atoms with Crippen LogP contribution in [0.5, 0.6) is 0 Å². The Bertz CT molecular complexity index is 1030. The molecular formula is C22H22F3N5O. The first-order chi connectivity index (χ1) is 14.9. The van der Waals surface area contributed by atoms with Crippen molar-refractivity contribution in [3.63, 3.8) is 0 Å². The van der Waals surface area contributed by atoms with Gasteiger partial charge in [-0.3, -0.25) is 9.69 Å². The van der Waals surface area contributed by atoms with Gasteiger partial charge in [-0.2, -0.15) is 13.2 Å². The van der Waals surface area contributed by atoms with E-state index in [9.17, 15) is 18.0 Å². The molecule has 0 unspecified atom stereocenters. The smallest absolute Gasteiger partial charge is 0.345 e. The second-order valence-electron chi connectivity index (χ2n) is 7.45. The Morgan fingerprint density at radius 3 is 2.42 bits per heavy atom. The van der Waals surface area contributed by atoms with E-state index in [-0.39, 0.29) is 12.5 Å². The van der Waals surface area contributed by atoms with Crippen molar-refractivity contribution in [3.8, 4) is 0 Å². The van der Waals surface area contributed by atoms with Gasteiger partial charge in [-0.15, -0.1) is 10.2 Å². The van der Waals surface area contributed by atoms with Gasteiger partial charge >= 0.3 is 6.18 Å². The third kappa shape index (κ3) is 5.11. The molecule has 0 saturated heterocycles. The minimum Gasteiger partial charge on any atom is -0.345 e. The average Bonchev–Trinajstić information content (AvgIpc) is 3.05. The highest BCUT2D eigenvalue weighted by Gasteiger charge is 2.30. The number of benzene rings is 2. The molecule has 0 atom stereocenters. The number of halogens is 3. The molecule has 0 radical (unpaired) electrons. The minimum absolute atomic E-state index is 0.171. The molecule has 1 amide bonds. The summed E-state index contributed by atoms with van der Waals surface area (Å²) in [7, 11) is 0. The first-order valence-corrected chi connectivity index (χ1v) is 10.0. The van der Waals surface area contributed by atoms with Crippen LogP contribution in [-0.4, -0.2) is 38.7 Å². The first kappa shape index (κ1) is 21.0. The van der Waals surface area contributed by atoms with Crippen LogP contribution in [0.25, 0.3) is 0 Å². The van der Waals surface area contributed by atoms with Crippen LogP contribution in [0.2, 0.25) is 0 Å². The number of alkyl halides is 3. The molecule has 0 bridgehead atoms. The molecule has 9 heteroatoms. The van der Waals surface area contributed by atoms with E-state index < -0.39 is 11.7 Å². The molecule has 2 heterocycles. The third-order valence-corrected chi connectivity index (χ3v) is 5.33. The van der Waals surface area contributed by atoms with Gasteiger partial charge in [0.1, 0.15) is 5.82 Å². The molecule has 6 nitrogen and oxygen atoms in total. The number of nitrogens with zero attached hydrogens (tertiary/aromatic N) is 4. The number of amides is 1. The van der Waals surface area contributed by atoms with Crippen molar-refractivity contribution in [1.29, 1.82) is 0 Å². The zero-order chi connectivity index (χ0) is 21.8. The van der Waals surface area contributed by atoms with E-state index in [0.29, 0.717) is 37.4 Å². The second kappa shape index (κ2) is 8.89. The Balaban J connectivity index is 1.35. The molecule has 2 aromatic carbocycles. The van der Waals surface area contributed by atoms with Gasteiger partial charge in [0.05, 0.1) is 12.1 Å². The maximum Gasteiger partial charge on any atom is 0.416 e. The Labute approximate surface area is 177 Å². The first-order valence-electron chi connectivity index (χ1n) is 10.0. The van der Waals surface area contributed by atoms with Crippen LogP contribution in [-0.2, 0) is 32.2 Å². The molecule has 0 fully saturated rings. The van der Waals surface area contributed by atoms with Crippen LogP contribution in [0, 0.1) is 0 Å². The molecule has 1 aliphatic heterocycles. The molecular weight excluding hydrogens is 407 g/mol. The van der Waals surface area contributed by atoms with Crippen LogP contribution in [0.1, 0.15) is 33.1 Å². The van der Waals surface area contributed by atoms with Gasteiger partial charge in [0.25, 0.3) is 5.91 Å². The number of carbonyl (C=O) groups excluding carboxylic acids is 1. The van der Waals surface area contributed by atoms with Gasteiger partial charge in [-0.25, -0.2) is 0 Å². The number of aromatic nitrogens is 3. The van der Waals surface area contributed by atoms with Crippen molar-refractivity contribution >= 4 is 5.91 Å². The van der Waals surface area contributed by atoms with Crippen LogP contribution in [0.15, 0.2) is 54.6 Å². The number of hydrogen-bond acceptors (Lipinski definition) is 4. The Morgan fingerprint density at radius 2 is 1.71 bits per heavy atom. The van der Waals surface area contributed by atoms with Crippen LogP contribution >= 0.6 is 0 Å². The van der Waals surface area contributed by atoms with Gasteiger partial charge in [0.2, 0.25) is 0 Å². The monoisotopic (exact) mass is 429 g/mol. The van der Waals surface area contributed by atoms with E-state index in [1.807, 2.05) is 22.8 Å². The van der Waals surface area contributed by atoms with Crippen molar-refractivity contribution in [3.05, 3.63) is 82.9 Å². The predicted molar refractivity (Wildman–Crippen MR) is 108 cm³/mol. The van der Waals surface area contributed by atoms with Crippen LogP contribution in [0.4, 0.5) is 13.2 Å². The molecule has 4 rings (SSSR count). The highest BCUT2D eigenvalue weighted by atomic mass is 19.4. The summed E-state index contributed by atoms with van der Waals surface area (Å²) in [5, 5.41) is 11.4. The zero-order valence-corrected chi connectivity index (χ0v) is 16.8. The van der Waals surface area contributed by atoms with Crippen LogP contribution in [0.3, 0.4) is 0 Å². The van der Waals surface area contributed by atoms with E-state index in [1.165, 1.54) is 12.1 Å². The lowest BCUT2D eigenvalue weighted by Crippen LogP contribution is -2.28. The van der Waals surface area contributed by atoms with Gasteiger partial charge in [0.15, 0.2) is 5.82 Å². The molecule has 0 aliphatic carbocycles. The number of fused-ring (bicyclic) bond motifs is 1. The van der Waals surface area contributed by atoms with Crippen molar-refractivity contribution in [2.75, 3.05) is 13.1 Å². The summed E-state index contributed by atoms with van der Waals surface area (Å²) in [5.74, 6) is 1.37. The molecule has 31 heavy (non-hydrogen) atoms. The normalized spacial score (nSPS) is 14.7. The zero-order valence-electron chi connectivity index (χ0n) is 16.8. The second-order valence-corrected chi connectivity index (χ2v) is 7.45. The van der Waals surface area contributed by atoms with E-state index in [4.69, 9.17) is 0 Å². The Hall–Kier alpha value is -3.20. The largest absolute Gasteiger partial charge is 0.416 e. The number of nitrogens with one attached hydrogen (secondary N) is 1. The summed E-state index contributed by atoms with van der Waals surface area (Å²) in [6, 6.07) is 14.3. The van der Waals surface area contributed by atoms with Crippen molar-refractivity contribution in [2.24, 2.45) is 0 Å². The SMILES string of the molecule is O=C(NCc1nnc2n1CCN(Cc1ccc(C(F)(F)F)cc1)CC2)c1ccccc1. The number of carbonyl (C=O) groups is 1. The maximum atomic E-state index is 12.7. The number of rotatable bonds is 5. The molecule has 3 aromatic rings. The highest BCUT2D eigenvalue weighted by Crippen LogP contribution is 2.29. The summed E-state index contributed by atoms with van der Waals surface area (Å²) < 4.78 is 40.2. The lowest BCUT2D eigenvalue weighted by atomic mass is 10.1. The van der Waals surface area contributed by atoms with E-state index in [2.05, 4.69) is 20.4 Å². The predicted octanol–water partition coefficient (Wildman–Crippen LogP) is 3.29. The summed E-state index contributed by atoms with van der Waals surface area (Å²) in [6.07, 6.45) is -3.64. The molecule has 1 aromatic heterocycles. The van der Waals surface area contributed by atoms with Gasteiger partial charge < -0.3 is 9.88 Å². The highest BCUT2D eigenvalue weighted by molar-refractivity contribution is 5.93. The average molecular weight is 429 g/mol. The summed E-state index contributed by atoms with van der Waals surface area (Å²) in [4.78, 5) is 14.5. The third-order valence-electron chi connectivity index (χ3n) is 5.33. The fourth-order valence-electron chi connectivity index (χ4n) is 3.62. The van der Waals surface area contributed by atoms with E-state index >= 15 is 0 Å². The fourth-order valence-corrected chi connectivity index (χ4v) is 3.62. The maximum absolute atomic E-state index is 12.7. The lowest BCUT2D eigenvalue weighted by molar-refractivity contribution is -0.137. The van der Waals surface area contributed by atoms with E-state index in [0.717, 1.165) is 30.1 Å². The summed E-state index contributed by atoms with van der Waals surface area (Å²) in [5.41, 5.74) is 0.780. The van der Waals surface area contributed by atoms with Gasteiger partial charge in [-0.05, 0) is 29.8 Å². The molecule has 0 spiro atoms. The quantitative estimate of drug-likeness (QED) is 0.676. The molecule has 0 saturated carbocycles. The fraction of sp³-hybridized carbons (Fsp3) is 0.318. The van der Waals surface area contributed by atoms with E-state index in [1.54, 1.807) is 12.1 Å². The molecule has 162 valence electrons. The van der Waals surface area contributed by atoms with Crippen molar-refractivity contribution in [2.45, 2.75) is 32.2 Å². The lowest BCUT2D eigenvalue weighted by Gasteiger charge is -2.20. The van der Waals surface area contributed by atoms with Crippen molar-refractivity contribution in [1.82, 2.24) is 25.0 Å². The number of hydrogen-bond donors (Lipinski definition) is 1. The minimum atomic E-state index is -4.32. The summed E-state index contributed by atoms with van der Waals surface area (Å²) >= 11 is 0. The summed E-state index contributed by atoms with van der Waals surface area (Å²) in [6.45, 7) is 2.94. The van der Waals surface area contributed by atoms with Crippen molar-refractivity contribution < 1.29 is 18.0 Å². The topological polar surface area (TPSA) is 63.1 Å². The Kier molecular flexibility index (Phi) is 6.03. The van der Waals surface area contributed by atoms with Crippen LogP contribution < -0.4 is 5.32 Å². The van der Waals surface area contributed by atoms with Gasteiger partial charge in [-0.1, -0.05) is 30.3 Å². The standard InChI is InChI=1S/C22H22F3N5O/c23-22(24,25)18-8-6-16(7-9-18)15-29-11-10-19-27-28-20(30(19)13-12-29)14-26-21(31)17-4-2-1-3-5-17/h1-9H,10-15H2,(H,26,31). The molecule has 1 N–H and O–H groups in total.